The van der Waals surface area contributed by atoms with E-state index in [4.69, 9.17) is 29.4 Å². The second kappa shape index (κ2) is 18.5. The molecule has 1 unspecified atom stereocenters. The number of aromatic amines is 1. The number of H-pyrrole nitrogens is 1. The number of primary amides is 1. The summed E-state index contributed by atoms with van der Waals surface area (Å²) in [6, 6.07) is 4.44. The summed E-state index contributed by atoms with van der Waals surface area (Å²) in [7, 11) is 1.19. The molecule has 1 aromatic heterocycles. The van der Waals surface area contributed by atoms with Crippen molar-refractivity contribution in [2.24, 2.45) is 5.73 Å². The van der Waals surface area contributed by atoms with Crippen molar-refractivity contribution in [2.75, 3.05) is 12.4 Å². The third kappa shape index (κ3) is 10.8. The Morgan fingerprint density at radius 3 is 2.28 bits per heavy atom. The fourth-order valence-corrected chi connectivity index (χ4v) is 5.86. The number of methoxy groups -OCH3 is 1. The molecule has 53 heavy (non-hydrogen) atoms. The van der Waals surface area contributed by atoms with Crippen molar-refractivity contribution in [3.63, 3.8) is 0 Å². The van der Waals surface area contributed by atoms with Gasteiger partial charge in [0, 0.05) is 31.5 Å². The summed E-state index contributed by atoms with van der Waals surface area (Å²) in [6.07, 6.45) is -9.66. The molecule has 1 saturated heterocycles. The molecule has 16 nitrogen and oxygen atoms in total. The molecule has 19 heteroatoms. The number of nitrogens with zero attached hydrogens (tertiary/aromatic N) is 1. The van der Waals surface area contributed by atoms with Crippen LogP contribution in [0.2, 0.25) is 0 Å². The summed E-state index contributed by atoms with van der Waals surface area (Å²) >= 11 is 0. The number of anilines is 1. The summed E-state index contributed by atoms with van der Waals surface area (Å²) < 4.78 is 68.2. The first kappa shape index (κ1) is 41.2. The Morgan fingerprint density at radius 1 is 1.02 bits per heavy atom. The highest BCUT2D eigenvalue weighted by molar-refractivity contribution is 6.02. The molecule has 2 aromatic rings. The van der Waals surface area contributed by atoms with Crippen molar-refractivity contribution in [1.29, 1.82) is 0 Å². The Balaban J connectivity index is 1.53. The highest BCUT2D eigenvalue weighted by atomic mass is 19.4. The summed E-state index contributed by atoms with van der Waals surface area (Å²) in [6.45, 7) is 2.11. The van der Waals surface area contributed by atoms with Crippen LogP contribution >= 0.6 is 0 Å². The molecule has 1 aromatic carbocycles. The summed E-state index contributed by atoms with van der Waals surface area (Å²) in [4.78, 5) is 65.6. The van der Waals surface area contributed by atoms with E-state index in [-0.39, 0.29) is 12.1 Å². The second-order valence-corrected chi connectivity index (χ2v) is 12.5. The molecule has 0 bridgehead atoms. The molecule has 2 aliphatic rings. The average molecular weight is 757 g/mol. The van der Waals surface area contributed by atoms with Crippen LogP contribution in [0, 0.1) is 0 Å². The van der Waals surface area contributed by atoms with Gasteiger partial charge in [0.25, 0.3) is 11.5 Å². The number of aliphatic hydroxyl groups excluding tert-OH is 2. The monoisotopic (exact) mass is 756 g/mol. The number of alkyl halides is 3. The number of ether oxygens (including phenoxy) is 5. The average Bonchev–Trinajstić information content (AvgIpc) is 3.44. The number of halogens is 3. The van der Waals surface area contributed by atoms with Gasteiger partial charge in [-0.25, -0.2) is 4.79 Å². The number of hydrogen-bond acceptors (Lipinski definition) is 12. The molecule has 0 spiro atoms. The molecule has 0 saturated carbocycles. The Morgan fingerprint density at radius 2 is 1.68 bits per heavy atom. The quantitative estimate of drug-likeness (QED) is 0.115. The number of aromatic nitrogens is 2. The topological polar surface area (TPSA) is 231 Å². The van der Waals surface area contributed by atoms with Crippen molar-refractivity contribution in [3.8, 4) is 0 Å². The SMILES string of the molecule is CCCCCCCCCC(=O)O[C@@H]1[C@H](OC)[C@@H](C(O[C@H]2OC(C(=O)Nc3ccc(C(F)(F)F)cc3)=C[C@H](O)[C@@H]2O)C(N)=O)O[C@H]1n1ccc(=O)[nH]c1=O. The maximum Gasteiger partial charge on any atom is 0.416 e. The lowest BCUT2D eigenvalue weighted by Gasteiger charge is -2.35. The smallest absolute Gasteiger partial charge is 0.416 e. The molecule has 8 atom stereocenters. The van der Waals surface area contributed by atoms with Crippen LogP contribution in [-0.2, 0) is 44.2 Å². The Hall–Kier alpha value is -4.56. The standard InChI is InChI=1S/C34H43F3N4O12/c1-3-4-5-6-7-8-9-10-23(44)51-28-25(49-2)26(52-31(28)41-16-15-22(43)40-33(41)48)27(29(38)46)53-32-24(45)20(42)17-21(50-32)30(47)39-19-13-11-18(12-14-19)34(35,36)37/h11-17,20,24-28,31-32,42,45H,3-10H2,1-2H3,(H2,38,46)(H,39,47)(H,40,43,48)/t20-,24-,25+,26-,27?,28+,31+,32+/m0/s1. The molecular weight excluding hydrogens is 713 g/mol. The molecule has 3 heterocycles. The largest absolute Gasteiger partial charge is 0.456 e. The van der Waals surface area contributed by atoms with Gasteiger partial charge in [-0.05, 0) is 36.8 Å². The van der Waals surface area contributed by atoms with Gasteiger partial charge in [0.05, 0.1) is 5.56 Å². The number of benzene rings is 1. The van der Waals surface area contributed by atoms with Gasteiger partial charge in [-0.1, -0.05) is 45.4 Å². The number of carbonyl (C=O) groups excluding carboxylic acids is 3. The van der Waals surface area contributed by atoms with E-state index in [1.165, 1.54) is 7.11 Å². The number of carbonyl (C=O) groups is 3. The van der Waals surface area contributed by atoms with Gasteiger partial charge >= 0.3 is 17.8 Å². The van der Waals surface area contributed by atoms with Crippen LogP contribution in [0.25, 0.3) is 0 Å². The third-order valence-corrected chi connectivity index (χ3v) is 8.62. The molecular formula is C34H43F3N4O12. The minimum atomic E-state index is -4.62. The van der Waals surface area contributed by atoms with Crippen molar-refractivity contribution < 1.29 is 61.5 Å². The lowest BCUT2D eigenvalue weighted by Crippen LogP contribution is -2.54. The van der Waals surface area contributed by atoms with Gasteiger partial charge in [-0.2, -0.15) is 13.2 Å². The minimum absolute atomic E-state index is 0.0119. The fourth-order valence-electron chi connectivity index (χ4n) is 5.86. The number of unbranched alkanes of at least 4 members (excludes halogenated alkanes) is 6. The van der Waals surface area contributed by atoms with Crippen LogP contribution in [0.4, 0.5) is 18.9 Å². The number of nitrogens with two attached hydrogens (primary N) is 1. The second-order valence-electron chi connectivity index (χ2n) is 12.5. The van der Waals surface area contributed by atoms with Crippen LogP contribution in [0.5, 0.6) is 0 Å². The van der Waals surface area contributed by atoms with Crippen molar-refractivity contribution >= 4 is 23.5 Å². The molecule has 1 fully saturated rings. The van der Waals surface area contributed by atoms with Gasteiger partial charge in [0.15, 0.2) is 24.2 Å². The number of amides is 2. The molecule has 0 aliphatic carbocycles. The van der Waals surface area contributed by atoms with E-state index in [0.717, 1.165) is 85.7 Å². The molecule has 0 radical (unpaired) electrons. The van der Waals surface area contributed by atoms with Crippen LogP contribution in [0.3, 0.4) is 0 Å². The van der Waals surface area contributed by atoms with Crippen LogP contribution in [0.1, 0.15) is 70.1 Å². The van der Waals surface area contributed by atoms with E-state index in [2.05, 4.69) is 17.2 Å². The molecule has 2 amide bonds. The lowest BCUT2D eigenvalue weighted by atomic mass is 10.0. The van der Waals surface area contributed by atoms with Gasteiger partial charge in [0.2, 0.25) is 12.2 Å². The number of rotatable bonds is 17. The van der Waals surface area contributed by atoms with Crippen LogP contribution in [-0.4, -0.2) is 87.6 Å². The Kier molecular flexibility index (Phi) is 14.4. The van der Waals surface area contributed by atoms with E-state index < -0.39 is 95.7 Å². The van der Waals surface area contributed by atoms with E-state index >= 15 is 0 Å². The zero-order chi connectivity index (χ0) is 38.9. The fraction of sp³-hybridized carbons (Fsp3) is 0.559. The zero-order valence-corrected chi connectivity index (χ0v) is 29.0. The highest BCUT2D eigenvalue weighted by Crippen LogP contribution is 2.37. The van der Waals surface area contributed by atoms with E-state index in [0.29, 0.717) is 6.42 Å². The van der Waals surface area contributed by atoms with E-state index in [1.54, 1.807) is 0 Å². The van der Waals surface area contributed by atoms with Crippen molar-refractivity contribution in [1.82, 2.24) is 9.55 Å². The summed E-state index contributed by atoms with van der Waals surface area (Å²) in [5.74, 6) is -3.59. The number of hydrogen-bond donors (Lipinski definition) is 5. The molecule has 6 N–H and O–H groups in total. The van der Waals surface area contributed by atoms with Crippen molar-refractivity contribution in [3.05, 3.63) is 74.8 Å². The van der Waals surface area contributed by atoms with E-state index in [9.17, 15) is 47.4 Å². The predicted octanol–water partition coefficient (Wildman–Crippen LogP) is 1.99. The first-order valence-electron chi connectivity index (χ1n) is 17.0. The van der Waals surface area contributed by atoms with E-state index in [1.807, 2.05) is 0 Å². The highest BCUT2D eigenvalue weighted by Gasteiger charge is 2.54. The minimum Gasteiger partial charge on any atom is -0.456 e. The number of nitrogens with one attached hydrogen (secondary N) is 2. The van der Waals surface area contributed by atoms with Crippen LogP contribution < -0.4 is 22.3 Å². The van der Waals surface area contributed by atoms with Gasteiger partial charge in [-0.3, -0.25) is 28.7 Å². The van der Waals surface area contributed by atoms with Gasteiger partial charge in [-0.15, -0.1) is 0 Å². The Bertz CT molecular complexity index is 1710. The molecule has 292 valence electrons. The Labute approximate surface area is 301 Å². The summed E-state index contributed by atoms with van der Waals surface area (Å²) in [5.41, 5.74) is 2.96. The predicted molar refractivity (Wildman–Crippen MR) is 178 cm³/mol. The first-order valence-corrected chi connectivity index (χ1v) is 17.0. The van der Waals surface area contributed by atoms with Crippen molar-refractivity contribution in [2.45, 2.75) is 114 Å². The number of aliphatic hydroxyl groups is 2. The summed E-state index contributed by atoms with van der Waals surface area (Å²) in [5, 5.41) is 23.5. The zero-order valence-electron chi connectivity index (χ0n) is 29.0. The maximum absolute atomic E-state index is 13.0. The molecule has 2 aliphatic heterocycles. The normalized spacial score (nSPS) is 24.9. The first-order chi connectivity index (χ1) is 25.1. The number of esters is 1. The van der Waals surface area contributed by atoms with Crippen LogP contribution in [0.15, 0.2) is 58.0 Å². The lowest BCUT2D eigenvalue weighted by molar-refractivity contribution is -0.241. The molecule has 4 rings (SSSR count). The van der Waals surface area contributed by atoms with Gasteiger partial charge in [0.1, 0.15) is 24.4 Å². The maximum atomic E-state index is 13.0. The third-order valence-electron chi connectivity index (χ3n) is 8.62. The van der Waals surface area contributed by atoms with Gasteiger partial charge < -0.3 is 44.9 Å².